The van der Waals surface area contributed by atoms with Crippen LogP contribution in [0.4, 0.5) is 8.78 Å². The summed E-state index contributed by atoms with van der Waals surface area (Å²) >= 11 is 5.75. The second kappa shape index (κ2) is 4.41. The molecule has 1 aromatic heterocycles. The summed E-state index contributed by atoms with van der Waals surface area (Å²) in [7, 11) is 0. The number of hydrogen-bond donors (Lipinski definition) is 0. The van der Waals surface area contributed by atoms with Crippen LogP contribution in [-0.4, -0.2) is 10.2 Å². The van der Waals surface area contributed by atoms with Crippen LogP contribution in [0.1, 0.15) is 23.8 Å². The number of aromatic nitrogens is 2. The van der Waals surface area contributed by atoms with Crippen LogP contribution < -0.4 is 0 Å². The maximum Gasteiger partial charge on any atom is 0.250 e. The molecule has 0 radical (unpaired) electrons. The van der Waals surface area contributed by atoms with Gasteiger partial charge in [0.25, 0.3) is 5.89 Å². The summed E-state index contributed by atoms with van der Waals surface area (Å²) in [5.74, 6) is -1.17. The first-order valence-corrected chi connectivity index (χ1v) is 5.36. The van der Waals surface area contributed by atoms with Crippen molar-refractivity contribution in [3.8, 4) is 11.5 Å². The molecule has 0 amide bonds. The Morgan fingerprint density at radius 1 is 1.24 bits per heavy atom. The van der Waals surface area contributed by atoms with E-state index in [1.54, 1.807) is 6.92 Å². The van der Waals surface area contributed by atoms with E-state index in [1.165, 1.54) is 13.0 Å². The molecule has 1 atom stereocenters. The second-order valence-corrected chi connectivity index (χ2v) is 4.30. The fourth-order valence-corrected chi connectivity index (χ4v) is 1.41. The van der Waals surface area contributed by atoms with Gasteiger partial charge in [-0.05, 0) is 25.5 Å². The number of halogens is 3. The Kier molecular flexibility index (Phi) is 3.11. The molecule has 0 N–H and O–H groups in total. The van der Waals surface area contributed by atoms with E-state index in [4.69, 9.17) is 16.0 Å². The number of alkyl halides is 1. The summed E-state index contributed by atoms with van der Waals surface area (Å²) in [5, 5.41) is 6.89. The highest BCUT2D eigenvalue weighted by atomic mass is 35.5. The average Bonchev–Trinajstić information content (AvgIpc) is 2.72. The summed E-state index contributed by atoms with van der Waals surface area (Å²) in [5.41, 5.74) is 0.375. The van der Waals surface area contributed by atoms with Gasteiger partial charge < -0.3 is 4.42 Å². The van der Waals surface area contributed by atoms with Crippen molar-refractivity contribution in [2.75, 3.05) is 0 Å². The lowest BCUT2D eigenvalue weighted by Crippen LogP contribution is -1.90. The molecule has 0 aliphatic rings. The van der Waals surface area contributed by atoms with E-state index in [0.29, 0.717) is 5.56 Å². The summed E-state index contributed by atoms with van der Waals surface area (Å²) in [6, 6.07) is 2.11. The van der Waals surface area contributed by atoms with Crippen molar-refractivity contribution in [1.29, 1.82) is 0 Å². The van der Waals surface area contributed by atoms with Crippen LogP contribution in [0.15, 0.2) is 16.5 Å². The van der Waals surface area contributed by atoms with Crippen LogP contribution in [0, 0.1) is 18.6 Å². The van der Waals surface area contributed by atoms with Crippen molar-refractivity contribution in [2.24, 2.45) is 0 Å². The van der Waals surface area contributed by atoms with Gasteiger partial charge in [-0.1, -0.05) is 0 Å². The lowest BCUT2D eigenvalue weighted by molar-refractivity contribution is 0.501. The molecular formula is C11H9ClF2N2O. The summed E-state index contributed by atoms with van der Waals surface area (Å²) < 4.78 is 31.8. The van der Waals surface area contributed by atoms with Gasteiger partial charge in [-0.2, -0.15) is 0 Å². The van der Waals surface area contributed by atoms with Gasteiger partial charge in [0, 0.05) is 6.07 Å². The Hall–Kier alpha value is -1.49. The lowest BCUT2D eigenvalue weighted by atomic mass is 10.1. The van der Waals surface area contributed by atoms with Gasteiger partial charge >= 0.3 is 0 Å². The molecule has 0 saturated heterocycles. The molecule has 2 rings (SSSR count). The first-order chi connectivity index (χ1) is 7.99. The molecule has 0 bridgehead atoms. The van der Waals surface area contributed by atoms with Gasteiger partial charge in [-0.3, -0.25) is 0 Å². The summed E-state index contributed by atoms with van der Waals surface area (Å²) in [6.45, 7) is 3.19. The van der Waals surface area contributed by atoms with Gasteiger partial charge in [0.2, 0.25) is 5.89 Å². The van der Waals surface area contributed by atoms with Gasteiger partial charge in [0.1, 0.15) is 17.0 Å². The van der Waals surface area contributed by atoms with E-state index in [2.05, 4.69) is 10.2 Å². The van der Waals surface area contributed by atoms with Crippen LogP contribution in [-0.2, 0) is 0 Å². The van der Waals surface area contributed by atoms with E-state index in [0.717, 1.165) is 6.07 Å². The van der Waals surface area contributed by atoms with Crippen LogP contribution in [0.5, 0.6) is 0 Å². The monoisotopic (exact) mass is 258 g/mol. The van der Waals surface area contributed by atoms with Crippen molar-refractivity contribution in [1.82, 2.24) is 10.2 Å². The minimum absolute atomic E-state index is 0.00639. The van der Waals surface area contributed by atoms with Crippen LogP contribution >= 0.6 is 11.6 Å². The molecule has 1 unspecified atom stereocenters. The first-order valence-electron chi connectivity index (χ1n) is 4.92. The van der Waals surface area contributed by atoms with E-state index >= 15 is 0 Å². The normalized spacial score (nSPS) is 12.8. The van der Waals surface area contributed by atoms with Crippen molar-refractivity contribution in [3.05, 3.63) is 35.2 Å². The minimum Gasteiger partial charge on any atom is -0.419 e. The quantitative estimate of drug-likeness (QED) is 0.772. The molecule has 17 heavy (non-hydrogen) atoms. The second-order valence-electron chi connectivity index (χ2n) is 3.64. The molecule has 0 spiro atoms. The standard InChI is InChI=1S/C11H9ClF2N2O/c1-5-3-7(9(14)4-8(5)13)11-16-15-10(17-11)6(2)12/h3-4,6H,1-2H3. The molecule has 1 heterocycles. The van der Waals surface area contributed by atoms with Gasteiger partial charge in [-0.25, -0.2) is 8.78 Å². The number of benzene rings is 1. The maximum absolute atomic E-state index is 13.5. The molecular weight excluding hydrogens is 250 g/mol. The highest BCUT2D eigenvalue weighted by Gasteiger charge is 2.17. The predicted octanol–water partition coefficient (Wildman–Crippen LogP) is 3.62. The third kappa shape index (κ3) is 2.29. The molecule has 2 aromatic rings. The first kappa shape index (κ1) is 12.0. The molecule has 0 aliphatic heterocycles. The molecule has 3 nitrogen and oxygen atoms in total. The Labute approximate surface area is 101 Å². The molecule has 0 fully saturated rings. The van der Waals surface area contributed by atoms with E-state index in [9.17, 15) is 8.78 Å². The van der Waals surface area contributed by atoms with Crippen molar-refractivity contribution in [2.45, 2.75) is 19.2 Å². The smallest absolute Gasteiger partial charge is 0.250 e. The highest BCUT2D eigenvalue weighted by molar-refractivity contribution is 6.20. The van der Waals surface area contributed by atoms with Gasteiger partial charge in [0.05, 0.1) is 5.56 Å². The SMILES string of the molecule is Cc1cc(-c2nnc(C(C)Cl)o2)c(F)cc1F. The fraction of sp³-hybridized carbons (Fsp3) is 0.273. The topological polar surface area (TPSA) is 38.9 Å². The fourth-order valence-electron chi connectivity index (χ4n) is 1.33. The van der Waals surface area contributed by atoms with Gasteiger partial charge in [-0.15, -0.1) is 21.8 Å². The number of aryl methyl sites for hydroxylation is 1. The van der Waals surface area contributed by atoms with Gasteiger partial charge in [0.15, 0.2) is 0 Å². The Bertz CT molecular complexity index is 554. The molecule has 0 saturated carbocycles. The lowest BCUT2D eigenvalue weighted by Gasteiger charge is -2.01. The Morgan fingerprint density at radius 3 is 2.53 bits per heavy atom. The van der Waals surface area contributed by atoms with Crippen molar-refractivity contribution in [3.63, 3.8) is 0 Å². The Balaban J connectivity index is 2.49. The maximum atomic E-state index is 13.5. The Morgan fingerprint density at radius 2 is 1.94 bits per heavy atom. The largest absolute Gasteiger partial charge is 0.419 e. The zero-order valence-electron chi connectivity index (χ0n) is 9.17. The third-order valence-electron chi connectivity index (χ3n) is 2.26. The van der Waals surface area contributed by atoms with E-state index in [-0.39, 0.29) is 17.3 Å². The number of hydrogen-bond acceptors (Lipinski definition) is 3. The zero-order chi connectivity index (χ0) is 12.6. The van der Waals surface area contributed by atoms with Crippen molar-refractivity contribution < 1.29 is 13.2 Å². The van der Waals surface area contributed by atoms with Crippen LogP contribution in [0.25, 0.3) is 11.5 Å². The molecule has 1 aromatic carbocycles. The van der Waals surface area contributed by atoms with E-state index in [1.807, 2.05) is 0 Å². The predicted molar refractivity (Wildman–Crippen MR) is 58.7 cm³/mol. The summed E-state index contributed by atoms with van der Waals surface area (Å²) in [4.78, 5) is 0. The summed E-state index contributed by atoms with van der Waals surface area (Å²) in [6.07, 6.45) is 0. The molecule has 6 heteroatoms. The molecule has 0 aliphatic carbocycles. The van der Waals surface area contributed by atoms with E-state index < -0.39 is 17.0 Å². The average molecular weight is 259 g/mol. The number of rotatable bonds is 2. The third-order valence-corrected chi connectivity index (χ3v) is 2.45. The minimum atomic E-state index is -0.745. The van der Waals surface area contributed by atoms with Crippen LogP contribution in [0.3, 0.4) is 0 Å². The zero-order valence-corrected chi connectivity index (χ0v) is 9.92. The highest BCUT2D eigenvalue weighted by Crippen LogP contribution is 2.27. The number of nitrogens with zero attached hydrogens (tertiary/aromatic N) is 2. The van der Waals surface area contributed by atoms with Crippen molar-refractivity contribution >= 4 is 11.6 Å². The van der Waals surface area contributed by atoms with Crippen LogP contribution in [0.2, 0.25) is 0 Å². The molecule has 90 valence electrons.